The summed E-state index contributed by atoms with van der Waals surface area (Å²) in [6, 6.07) is 4.94. The van der Waals surface area contributed by atoms with Crippen molar-refractivity contribution in [2.75, 3.05) is 0 Å². The highest BCUT2D eigenvalue weighted by atomic mass is 16.2. The summed E-state index contributed by atoms with van der Waals surface area (Å²) in [6.07, 6.45) is 3.64. The molecule has 0 radical (unpaired) electrons. The smallest absolute Gasteiger partial charge is 0.255 e. The summed E-state index contributed by atoms with van der Waals surface area (Å²) in [5.41, 5.74) is 2.35. The Hall–Kier alpha value is -2.61. The Morgan fingerprint density at radius 3 is 2.88 bits per heavy atom. The minimum atomic E-state index is -0.580. The Morgan fingerprint density at radius 1 is 1.29 bits per heavy atom. The van der Waals surface area contributed by atoms with E-state index in [4.69, 9.17) is 0 Å². The van der Waals surface area contributed by atoms with Crippen LogP contribution in [0, 0.1) is 11.8 Å². The van der Waals surface area contributed by atoms with Gasteiger partial charge in [-0.25, -0.2) is 0 Å². The van der Waals surface area contributed by atoms with Gasteiger partial charge in [0.25, 0.3) is 5.91 Å². The quantitative estimate of drug-likeness (QED) is 0.525. The van der Waals surface area contributed by atoms with Gasteiger partial charge in [0.1, 0.15) is 6.04 Å². The lowest BCUT2D eigenvalue weighted by Gasteiger charge is -2.29. The fourth-order valence-electron chi connectivity index (χ4n) is 3.13. The number of piperidine rings is 1. The fraction of sp³-hybridized carbons (Fsp3) is 0.421. The van der Waals surface area contributed by atoms with Crippen molar-refractivity contribution in [2.45, 2.75) is 51.6 Å². The molecule has 1 N–H and O–H groups in total. The second-order valence-electron chi connectivity index (χ2n) is 6.14. The number of rotatable bonds is 3. The van der Waals surface area contributed by atoms with Gasteiger partial charge in [-0.15, -0.1) is 0 Å². The Labute approximate surface area is 141 Å². The molecule has 5 heteroatoms. The highest BCUT2D eigenvalue weighted by molar-refractivity contribution is 6.05. The number of nitrogens with zero attached hydrogens (tertiary/aromatic N) is 1. The number of nitrogens with one attached hydrogen (secondary N) is 1. The highest BCUT2D eigenvalue weighted by Crippen LogP contribution is 2.29. The fourth-order valence-corrected chi connectivity index (χ4v) is 3.13. The number of hydrogen-bond donors (Lipinski definition) is 1. The second-order valence-corrected chi connectivity index (χ2v) is 6.14. The zero-order chi connectivity index (χ0) is 17.1. The molecule has 1 aromatic rings. The molecule has 1 fully saturated rings. The summed E-state index contributed by atoms with van der Waals surface area (Å²) in [7, 11) is 0. The SMILES string of the molecule is CCCCC#Cc1cccc2c1CN(C1CCC(=O)NC1=O)C2=O. The van der Waals surface area contributed by atoms with Gasteiger partial charge in [0.15, 0.2) is 0 Å². The monoisotopic (exact) mass is 324 g/mol. The number of hydrogen-bond acceptors (Lipinski definition) is 3. The van der Waals surface area contributed by atoms with E-state index >= 15 is 0 Å². The van der Waals surface area contributed by atoms with Gasteiger partial charge in [-0.3, -0.25) is 19.7 Å². The normalized spacial score (nSPS) is 19.6. The molecule has 124 valence electrons. The molecule has 0 spiro atoms. The van der Waals surface area contributed by atoms with Crippen molar-refractivity contribution in [1.29, 1.82) is 0 Å². The lowest BCUT2D eigenvalue weighted by molar-refractivity contribution is -0.136. The lowest BCUT2D eigenvalue weighted by Crippen LogP contribution is -2.52. The lowest BCUT2D eigenvalue weighted by atomic mass is 10.0. The maximum atomic E-state index is 12.7. The van der Waals surface area contributed by atoms with Crippen LogP contribution in [0.3, 0.4) is 0 Å². The van der Waals surface area contributed by atoms with Crippen LogP contribution in [0.25, 0.3) is 0 Å². The number of imide groups is 1. The van der Waals surface area contributed by atoms with Crippen LogP contribution < -0.4 is 5.32 Å². The van der Waals surface area contributed by atoms with Crippen molar-refractivity contribution in [3.05, 3.63) is 34.9 Å². The largest absolute Gasteiger partial charge is 0.322 e. The molecule has 0 aromatic heterocycles. The van der Waals surface area contributed by atoms with E-state index in [2.05, 4.69) is 24.1 Å². The van der Waals surface area contributed by atoms with Gasteiger partial charge in [-0.2, -0.15) is 0 Å². The van der Waals surface area contributed by atoms with Crippen LogP contribution in [0.4, 0.5) is 0 Å². The van der Waals surface area contributed by atoms with Crippen molar-refractivity contribution >= 4 is 17.7 Å². The number of benzene rings is 1. The van der Waals surface area contributed by atoms with Gasteiger partial charge in [-0.1, -0.05) is 31.3 Å². The van der Waals surface area contributed by atoms with Crippen LogP contribution >= 0.6 is 0 Å². The van der Waals surface area contributed by atoms with Crippen molar-refractivity contribution in [3.8, 4) is 11.8 Å². The minimum absolute atomic E-state index is 0.156. The number of carbonyl (C=O) groups excluding carboxylic acids is 3. The Balaban J connectivity index is 1.83. The zero-order valence-electron chi connectivity index (χ0n) is 13.7. The highest BCUT2D eigenvalue weighted by Gasteiger charge is 2.39. The Kier molecular flexibility index (Phi) is 4.66. The molecule has 2 heterocycles. The average molecular weight is 324 g/mol. The first-order valence-corrected chi connectivity index (χ1v) is 8.37. The molecule has 1 atom stereocenters. The molecule has 3 amide bonds. The van der Waals surface area contributed by atoms with Crippen LogP contribution in [0.5, 0.6) is 0 Å². The van der Waals surface area contributed by atoms with E-state index in [9.17, 15) is 14.4 Å². The minimum Gasteiger partial charge on any atom is -0.322 e. The summed E-state index contributed by atoms with van der Waals surface area (Å²) >= 11 is 0. The zero-order valence-corrected chi connectivity index (χ0v) is 13.7. The van der Waals surface area contributed by atoms with E-state index in [1.807, 2.05) is 12.1 Å². The summed E-state index contributed by atoms with van der Waals surface area (Å²) in [5, 5.41) is 2.32. The van der Waals surface area contributed by atoms with Gasteiger partial charge in [-0.05, 0) is 30.5 Å². The molecule has 1 unspecified atom stereocenters. The standard InChI is InChI=1S/C19H20N2O3/c1-2-3-4-5-7-13-8-6-9-14-15(13)12-21(19(14)24)16-10-11-17(22)20-18(16)23/h6,8-9,16H,2-4,10-12H2,1H3,(H,20,22,23). The van der Waals surface area contributed by atoms with Gasteiger partial charge in [0, 0.05) is 30.5 Å². The first-order chi connectivity index (χ1) is 11.6. The second kappa shape index (κ2) is 6.88. The van der Waals surface area contributed by atoms with Gasteiger partial charge in [0.05, 0.1) is 0 Å². The Bertz CT molecular complexity index is 758. The molecule has 5 nitrogen and oxygen atoms in total. The molecule has 24 heavy (non-hydrogen) atoms. The summed E-state index contributed by atoms with van der Waals surface area (Å²) in [5.74, 6) is 5.49. The average Bonchev–Trinajstić information content (AvgIpc) is 2.89. The predicted molar refractivity (Wildman–Crippen MR) is 88.9 cm³/mol. The summed E-state index contributed by atoms with van der Waals surface area (Å²) in [6.45, 7) is 2.50. The van der Waals surface area contributed by atoms with Crippen LogP contribution in [0.1, 0.15) is 60.5 Å². The first kappa shape index (κ1) is 16.3. The van der Waals surface area contributed by atoms with Gasteiger partial charge < -0.3 is 4.90 Å². The molecule has 0 bridgehead atoms. The topological polar surface area (TPSA) is 66.5 Å². The third-order valence-corrected chi connectivity index (χ3v) is 4.46. The van der Waals surface area contributed by atoms with Crippen LogP contribution in [-0.2, 0) is 16.1 Å². The van der Waals surface area contributed by atoms with E-state index in [0.29, 0.717) is 18.5 Å². The molecular weight excluding hydrogens is 304 g/mol. The number of fused-ring (bicyclic) bond motifs is 1. The van der Waals surface area contributed by atoms with Crippen molar-refractivity contribution < 1.29 is 14.4 Å². The van der Waals surface area contributed by atoms with Crippen LogP contribution in [0.15, 0.2) is 18.2 Å². The molecule has 0 saturated carbocycles. The maximum absolute atomic E-state index is 12.7. The molecule has 2 aliphatic heterocycles. The first-order valence-electron chi connectivity index (χ1n) is 8.37. The molecular formula is C19H20N2O3. The molecule has 0 aliphatic carbocycles. The van der Waals surface area contributed by atoms with E-state index in [-0.39, 0.29) is 24.1 Å². The van der Waals surface area contributed by atoms with E-state index < -0.39 is 6.04 Å². The summed E-state index contributed by atoms with van der Waals surface area (Å²) < 4.78 is 0. The maximum Gasteiger partial charge on any atom is 0.255 e. The number of unbranched alkanes of at least 4 members (excludes halogenated alkanes) is 2. The van der Waals surface area contributed by atoms with E-state index in [1.165, 1.54) is 0 Å². The molecule has 1 saturated heterocycles. The van der Waals surface area contributed by atoms with Crippen molar-refractivity contribution in [1.82, 2.24) is 10.2 Å². The molecule has 3 rings (SSSR count). The van der Waals surface area contributed by atoms with Crippen LogP contribution in [0.2, 0.25) is 0 Å². The van der Waals surface area contributed by atoms with E-state index in [1.54, 1.807) is 11.0 Å². The number of carbonyl (C=O) groups is 3. The van der Waals surface area contributed by atoms with E-state index in [0.717, 1.165) is 30.4 Å². The van der Waals surface area contributed by atoms with Crippen molar-refractivity contribution in [2.24, 2.45) is 0 Å². The van der Waals surface area contributed by atoms with Gasteiger partial charge in [0.2, 0.25) is 11.8 Å². The van der Waals surface area contributed by atoms with Gasteiger partial charge >= 0.3 is 0 Å². The third-order valence-electron chi connectivity index (χ3n) is 4.46. The van der Waals surface area contributed by atoms with Crippen LogP contribution in [-0.4, -0.2) is 28.7 Å². The molecule has 1 aromatic carbocycles. The third kappa shape index (κ3) is 3.05. The Morgan fingerprint density at radius 2 is 2.12 bits per heavy atom. The predicted octanol–water partition coefficient (Wildman–Crippen LogP) is 1.99. The summed E-state index contributed by atoms with van der Waals surface area (Å²) in [4.78, 5) is 37.6. The van der Waals surface area contributed by atoms with Crippen molar-refractivity contribution in [3.63, 3.8) is 0 Å². The number of amides is 3. The molecule has 2 aliphatic rings.